The standard InChI is InChI=1S/C8H18O3/c1-4-8(2)7-11-10-6-5-9-3/h8H,4-7H2,1-3H3. The fourth-order valence-electron chi connectivity index (χ4n) is 0.458. The molecule has 0 saturated heterocycles. The lowest BCUT2D eigenvalue weighted by atomic mass is 10.1. The van der Waals surface area contributed by atoms with Crippen molar-refractivity contribution < 1.29 is 14.5 Å². The van der Waals surface area contributed by atoms with Gasteiger partial charge in [0.2, 0.25) is 0 Å². The first-order valence-electron chi connectivity index (χ1n) is 4.04. The van der Waals surface area contributed by atoms with Crippen LogP contribution >= 0.6 is 0 Å². The summed E-state index contributed by atoms with van der Waals surface area (Å²) in [6.07, 6.45) is 1.12. The Morgan fingerprint density at radius 1 is 1.18 bits per heavy atom. The van der Waals surface area contributed by atoms with Gasteiger partial charge in [0.1, 0.15) is 6.61 Å². The molecule has 0 spiro atoms. The highest BCUT2D eigenvalue weighted by atomic mass is 17.2. The van der Waals surface area contributed by atoms with Crippen LogP contribution in [0, 0.1) is 5.92 Å². The third kappa shape index (κ3) is 7.78. The summed E-state index contributed by atoms with van der Waals surface area (Å²) in [5, 5.41) is 0. The van der Waals surface area contributed by atoms with Crippen molar-refractivity contribution in [3.8, 4) is 0 Å². The summed E-state index contributed by atoms with van der Waals surface area (Å²) >= 11 is 0. The summed E-state index contributed by atoms with van der Waals surface area (Å²) in [5.74, 6) is 0.567. The van der Waals surface area contributed by atoms with Crippen molar-refractivity contribution in [3.63, 3.8) is 0 Å². The topological polar surface area (TPSA) is 27.7 Å². The number of hydrogen-bond acceptors (Lipinski definition) is 3. The molecule has 0 fully saturated rings. The van der Waals surface area contributed by atoms with E-state index in [0.29, 0.717) is 25.7 Å². The molecule has 0 heterocycles. The van der Waals surface area contributed by atoms with Gasteiger partial charge in [-0.2, -0.15) is 0 Å². The van der Waals surface area contributed by atoms with Crippen LogP contribution in [-0.2, 0) is 14.5 Å². The Morgan fingerprint density at radius 3 is 2.45 bits per heavy atom. The average molecular weight is 162 g/mol. The Hall–Kier alpha value is -0.120. The molecule has 0 aliphatic heterocycles. The van der Waals surface area contributed by atoms with Crippen LogP contribution in [-0.4, -0.2) is 26.9 Å². The van der Waals surface area contributed by atoms with Gasteiger partial charge in [-0.25, -0.2) is 9.78 Å². The average Bonchev–Trinajstić information content (AvgIpc) is 2.04. The molecule has 0 aromatic carbocycles. The Bertz CT molecular complexity index is 75.7. The van der Waals surface area contributed by atoms with Crippen molar-refractivity contribution in [1.29, 1.82) is 0 Å². The predicted octanol–water partition coefficient (Wildman–Crippen LogP) is 1.63. The number of rotatable bonds is 7. The Balaban J connectivity index is 2.89. The maximum Gasteiger partial charge on any atom is 0.106 e. The zero-order valence-electron chi connectivity index (χ0n) is 7.63. The highest BCUT2D eigenvalue weighted by Crippen LogP contribution is 2.00. The number of methoxy groups -OCH3 is 1. The zero-order chi connectivity index (χ0) is 8.53. The molecule has 3 heteroatoms. The van der Waals surface area contributed by atoms with Crippen molar-refractivity contribution in [1.82, 2.24) is 0 Å². The van der Waals surface area contributed by atoms with Gasteiger partial charge in [-0.3, -0.25) is 0 Å². The molecule has 0 aromatic rings. The van der Waals surface area contributed by atoms with Gasteiger partial charge < -0.3 is 4.74 Å². The molecule has 0 N–H and O–H groups in total. The quantitative estimate of drug-likeness (QED) is 0.323. The van der Waals surface area contributed by atoms with Crippen LogP contribution in [0.5, 0.6) is 0 Å². The molecule has 3 nitrogen and oxygen atoms in total. The van der Waals surface area contributed by atoms with Crippen molar-refractivity contribution >= 4 is 0 Å². The van der Waals surface area contributed by atoms with Crippen molar-refractivity contribution in [3.05, 3.63) is 0 Å². The van der Waals surface area contributed by atoms with Crippen LogP contribution in [0.25, 0.3) is 0 Å². The number of ether oxygens (including phenoxy) is 1. The van der Waals surface area contributed by atoms with E-state index < -0.39 is 0 Å². The van der Waals surface area contributed by atoms with Crippen LogP contribution in [0.15, 0.2) is 0 Å². The zero-order valence-corrected chi connectivity index (χ0v) is 7.63. The number of hydrogen-bond donors (Lipinski definition) is 0. The van der Waals surface area contributed by atoms with E-state index in [4.69, 9.17) is 14.5 Å². The van der Waals surface area contributed by atoms with Crippen LogP contribution < -0.4 is 0 Å². The molecule has 11 heavy (non-hydrogen) atoms. The van der Waals surface area contributed by atoms with Crippen LogP contribution in [0.1, 0.15) is 20.3 Å². The second-order valence-corrected chi connectivity index (χ2v) is 2.61. The molecule has 0 saturated carbocycles. The van der Waals surface area contributed by atoms with E-state index in [-0.39, 0.29) is 0 Å². The summed E-state index contributed by atoms with van der Waals surface area (Å²) in [6, 6.07) is 0. The summed E-state index contributed by atoms with van der Waals surface area (Å²) < 4.78 is 4.77. The van der Waals surface area contributed by atoms with Gasteiger partial charge in [-0.05, 0) is 5.92 Å². The van der Waals surface area contributed by atoms with Crippen molar-refractivity contribution in [2.45, 2.75) is 20.3 Å². The largest absolute Gasteiger partial charge is 0.382 e. The molecule has 0 amide bonds. The molecule has 0 radical (unpaired) electrons. The molecule has 1 unspecified atom stereocenters. The Labute approximate surface area is 68.6 Å². The van der Waals surface area contributed by atoms with E-state index in [1.807, 2.05) is 0 Å². The van der Waals surface area contributed by atoms with Crippen LogP contribution in [0.2, 0.25) is 0 Å². The maximum atomic E-state index is 4.91. The molecule has 0 aromatic heterocycles. The molecule has 0 aliphatic carbocycles. The van der Waals surface area contributed by atoms with Gasteiger partial charge >= 0.3 is 0 Å². The van der Waals surface area contributed by atoms with Gasteiger partial charge in [-0.15, -0.1) is 0 Å². The smallest absolute Gasteiger partial charge is 0.106 e. The highest BCUT2D eigenvalue weighted by Gasteiger charge is 1.97. The van der Waals surface area contributed by atoms with Gasteiger partial charge in [-0.1, -0.05) is 20.3 Å². The Morgan fingerprint density at radius 2 is 1.91 bits per heavy atom. The minimum absolute atomic E-state index is 0.507. The molecular weight excluding hydrogens is 144 g/mol. The third-order valence-electron chi connectivity index (χ3n) is 1.50. The summed E-state index contributed by atoms with van der Waals surface area (Å²) in [5.41, 5.74) is 0. The maximum absolute atomic E-state index is 4.91. The monoisotopic (exact) mass is 162 g/mol. The van der Waals surface area contributed by atoms with E-state index in [1.165, 1.54) is 0 Å². The summed E-state index contributed by atoms with van der Waals surface area (Å²) in [4.78, 5) is 9.73. The normalized spacial score (nSPS) is 13.4. The molecule has 0 bridgehead atoms. The minimum atomic E-state index is 0.507. The molecule has 0 rings (SSSR count). The molecule has 1 atom stereocenters. The highest BCUT2D eigenvalue weighted by molar-refractivity contribution is 4.43. The first-order chi connectivity index (χ1) is 5.31. The van der Waals surface area contributed by atoms with Gasteiger partial charge in [0.05, 0.1) is 13.2 Å². The van der Waals surface area contributed by atoms with E-state index >= 15 is 0 Å². The summed E-state index contributed by atoms with van der Waals surface area (Å²) in [6.45, 7) is 6.01. The van der Waals surface area contributed by atoms with E-state index in [2.05, 4.69) is 13.8 Å². The van der Waals surface area contributed by atoms with E-state index in [1.54, 1.807) is 7.11 Å². The SMILES string of the molecule is CCC(C)COOCCOC. The second-order valence-electron chi connectivity index (χ2n) is 2.61. The van der Waals surface area contributed by atoms with Crippen molar-refractivity contribution in [2.75, 3.05) is 26.9 Å². The fraction of sp³-hybridized carbons (Fsp3) is 1.00. The van der Waals surface area contributed by atoms with Crippen LogP contribution in [0.4, 0.5) is 0 Å². The third-order valence-corrected chi connectivity index (χ3v) is 1.50. The fourth-order valence-corrected chi connectivity index (χ4v) is 0.458. The predicted molar refractivity (Wildman–Crippen MR) is 43.2 cm³/mol. The minimum Gasteiger partial charge on any atom is -0.382 e. The van der Waals surface area contributed by atoms with Gasteiger partial charge in [0.15, 0.2) is 0 Å². The molecule has 68 valence electrons. The first kappa shape index (κ1) is 10.9. The first-order valence-corrected chi connectivity index (χ1v) is 4.04. The van der Waals surface area contributed by atoms with Crippen LogP contribution in [0.3, 0.4) is 0 Å². The van der Waals surface area contributed by atoms with E-state index in [0.717, 1.165) is 6.42 Å². The second kappa shape index (κ2) is 7.98. The molecule has 0 aliphatic rings. The lowest BCUT2D eigenvalue weighted by Crippen LogP contribution is -2.08. The van der Waals surface area contributed by atoms with E-state index in [9.17, 15) is 0 Å². The summed E-state index contributed by atoms with van der Waals surface area (Å²) in [7, 11) is 1.64. The lowest BCUT2D eigenvalue weighted by molar-refractivity contribution is -0.304. The lowest BCUT2D eigenvalue weighted by Gasteiger charge is -2.07. The van der Waals surface area contributed by atoms with Gasteiger partial charge in [0, 0.05) is 7.11 Å². The Kier molecular flexibility index (Phi) is 7.89. The molecular formula is C8H18O3. The van der Waals surface area contributed by atoms with Gasteiger partial charge in [0.25, 0.3) is 0 Å². The van der Waals surface area contributed by atoms with Crippen molar-refractivity contribution in [2.24, 2.45) is 5.92 Å².